The van der Waals surface area contributed by atoms with Crippen LogP contribution in [0.2, 0.25) is 5.02 Å². The van der Waals surface area contributed by atoms with Crippen molar-refractivity contribution >= 4 is 52.8 Å². The number of amides is 2. The molecule has 8 N–H and O–H groups in total. The van der Waals surface area contributed by atoms with Crippen LogP contribution in [0.15, 0.2) is 71.9 Å². The van der Waals surface area contributed by atoms with Crippen LogP contribution in [0.4, 0.5) is 10.1 Å². The van der Waals surface area contributed by atoms with E-state index in [1.165, 1.54) is 41.3 Å². The van der Waals surface area contributed by atoms with Crippen LogP contribution >= 0.6 is 11.6 Å². The Morgan fingerprint density at radius 1 is 0.965 bits per heavy atom. The smallest absolute Gasteiger partial charge is 0.335 e. The van der Waals surface area contributed by atoms with Gasteiger partial charge in [0.15, 0.2) is 5.82 Å². The van der Waals surface area contributed by atoms with E-state index in [9.17, 15) is 44.3 Å². The molecule has 6 rings (SSSR count). The van der Waals surface area contributed by atoms with E-state index in [4.69, 9.17) is 31.4 Å². The highest BCUT2D eigenvalue weighted by molar-refractivity contribution is 6.31. The van der Waals surface area contributed by atoms with Crippen molar-refractivity contribution in [2.45, 2.75) is 55.8 Å². The Balaban J connectivity index is 0.00000200. The molecule has 0 bridgehead atoms. The number of anilines is 1. The number of carbonyl (C=O) groups is 4. The molecule has 3 aromatic carbocycles. The Kier molecular flexibility index (Phi) is 14.5. The maximum atomic E-state index is 14.8. The molecule has 1 unspecified atom stereocenters. The van der Waals surface area contributed by atoms with Crippen LogP contribution in [-0.4, -0.2) is 139 Å². The molecule has 16 nitrogen and oxygen atoms in total. The number of carboxylic acid groups (broad SMARTS) is 2. The number of halogens is 2. The molecule has 3 aliphatic heterocycles. The molecule has 0 aliphatic carbocycles. The van der Waals surface area contributed by atoms with E-state index in [2.05, 4.69) is 10.5 Å². The SMILES string of the molecule is O=C(O)c1ccc(NC(=O)[C@@H]2c3cccc(C4=CCN(C[C@H](O)[C@@H](O)[C@@H](O)[C@H](O)CO)CC4)c3CCN2C(=O)C2CC(c3cccc(Cl)c3F)=NO2)cc1.O=CO. The number of benzene rings is 3. The van der Waals surface area contributed by atoms with Gasteiger partial charge in [-0.2, -0.15) is 0 Å². The van der Waals surface area contributed by atoms with Gasteiger partial charge >= 0.3 is 5.97 Å². The highest BCUT2D eigenvalue weighted by atomic mass is 35.5. The summed E-state index contributed by atoms with van der Waals surface area (Å²) >= 11 is 5.97. The fourth-order valence-electron chi connectivity index (χ4n) is 7.03. The van der Waals surface area contributed by atoms with Crippen LogP contribution in [0.3, 0.4) is 0 Å². The van der Waals surface area contributed by atoms with Gasteiger partial charge < -0.3 is 50.8 Å². The fourth-order valence-corrected chi connectivity index (χ4v) is 7.21. The first kappa shape index (κ1) is 42.9. The van der Waals surface area contributed by atoms with Crippen molar-refractivity contribution in [3.8, 4) is 0 Å². The lowest BCUT2D eigenvalue weighted by Crippen LogP contribution is -2.50. The summed E-state index contributed by atoms with van der Waals surface area (Å²) in [6, 6.07) is 14.4. The first-order valence-electron chi connectivity index (χ1n) is 17.9. The number of hydrogen-bond acceptors (Lipinski definition) is 12. The Bertz CT molecular complexity index is 2020. The van der Waals surface area contributed by atoms with Gasteiger partial charge in [0.1, 0.15) is 24.4 Å². The molecule has 0 saturated carbocycles. The number of rotatable bonds is 12. The molecule has 0 fully saturated rings. The molecular formula is C39H42ClFN4O12. The van der Waals surface area contributed by atoms with E-state index in [0.717, 1.165) is 16.7 Å². The average Bonchev–Trinajstić information content (AvgIpc) is 3.71. The lowest BCUT2D eigenvalue weighted by molar-refractivity contribution is -0.148. The summed E-state index contributed by atoms with van der Waals surface area (Å²) < 4.78 is 14.8. The molecule has 3 aliphatic rings. The maximum absolute atomic E-state index is 14.8. The van der Waals surface area contributed by atoms with Crippen LogP contribution < -0.4 is 5.32 Å². The van der Waals surface area contributed by atoms with Gasteiger partial charge in [-0.3, -0.25) is 19.3 Å². The minimum absolute atomic E-state index is 0.00156. The largest absolute Gasteiger partial charge is 0.483 e. The van der Waals surface area contributed by atoms with Crippen molar-refractivity contribution in [1.29, 1.82) is 0 Å². The zero-order chi connectivity index (χ0) is 41.4. The highest BCUT2D eigenvalue weighted by Gasteiger charge is 2.42. The van der Waals surface area contributed by atoms with Crippen molar-refractivity contribution in [2.75, 3.05) is 38.1 Å². The van der Waals surface area contributed by atoms with E-state index in [1.807, 2.05) is 17.0 Å². The lowest BCUT2D eigenvalue weighted by Gasteiger charge is -2.38. The molecule has 57 heavy (non-hydrogen) atoms. The zero-order valence-electron chi connectivity index (χ0n) is 30.3. The van der Waals surface area contributed by atoms with Crippen LogP contribution in [0.5, 0.6) is 0 Å². The summed E-state index contributed by atoms with van der Waals surface area (Å²) in [5.41, 5.74) is 3.93. The summed E-state index contributed by atoms with van der Waals surface area (Å²) in [5.74, 6) is -2.89. The first-order chi connectivity index (χ1) is 27.3. The average molecular weight is 813 g/mol. The number of aliphatic hydroxyl groups is 5. The molecule has 0 aromatic heterocycles. The van der Waals surface area contributed by atoms with Gasteiger partial charge in [-0.25, -0.2) is 9.18 Å². The quantitative estimate of drug-likeness (QED) is 0.121. The van der Waals surface area contributed by atoms with Crippen LogP contribution in [0, 0.1) is 5.82 Å². The van der Waals surface area contributed by atoms with E-state index in [0.29, 0.717) is 37.2 Å². The van der Waals surface area contributed by atoms with E-state index < -0.39 is 66.8 Å². The Hall–Kier alpha value is -5.27. The Morgan fingerprint density at radius 2 is 1.63 bits per heavy atom. The zero-order valence-corrected chi connectivity index (χ0v) is 31.1. The summed E-state index contributed by atoms with van der Waals surface area (Å²) in [7, 11) is 0. The number of hydrogen-bond donors (Lipinski definition) is 8. The lowest BCUT2D eigenvalue weighted by atomic mass is 9.84. The van der Waals surface area contributed by atoms with Gasteiger partial charge in [-0.15, -0.1) is 0 Å². The molecule has 18 heteroatoms. The van der Waals surface area contributed by atoms with Crippen LogP contribution in [0.25, 0.3) is 5.57 Å². The Labute approximate surface area is 330 Å². The molecule has 0 radical (unpaired) electrons. The van der Waals surface area contributed by atoms with E-state index in [-0.39, 0.29) is 47.8 Å². The number of aromatic carboxylic acids is 1. The number of carboxylic acids is 1. The molecule has 6 atom stereocenters. The highest BCUT2D eigenvalue weighted by Crippen LogP contribution is 2.38. The first-order valence-corrected chi connectivity index (χ1v) is 18.2. The third-order valence-electron chi connectivity index (χ3n) is 9.97. The van der Waals surface area contributed by atoms with E-state index >= 15 is 0 Å². The predicted octanol–water partition coefficient (Wildman–Crippen LogP) is 1.66. The maximum Gasteiger partial charge on any atom is 0.335 e. The number of nitrogens with zero attached hydrogens (tertiary/aromatic N) is 3. The standard InChI is InChI=1S/C38H40ClFN4O10.CH2O2/c39-27-6-2-5-26(32(27)40)28-17-31(54-42-28)37(51)44-16-13-24-23(20-11-14-43(15-12-20)18-29(46)34(48)35(49)30(47)19-45)3-1-4-25(24)33(44)36(50)41-22-9-7-21(8-10-22)38(52)53;2-1-3/h1-11,29-31,33-35,45-49H,12-19H2,(H,41,50)(H,52,53);1H,(H,2,3)/t29-,30+,31?,33-,34+,35-;/m0./s1. The van der Waals surface area contributed by atoms with Crippen LogP contribution in [-0.2, 0) is 25.6 Å². The van der Waals surface area contributed by atoms with Gasteiger partial charge in [-0.1, -0.05) is 47.1 Å². The topological polar surface area (TPSA) is 250 Å². The van der Waals surface area contributed by atoms with Gasteiger partial charge in [-0.05, 0) is 71.5 Å². The van der Waals surface area contributed by atoms with Crippen molar-refractivity contribution < 1.29 is 64.2 Å². The summed E-state index contributed by atoms with van der Waals surface area (Å²) in [6.07, 6.45) is -4.70. The summed E-state index contributed by atoms with van der Waals surface area (Å²) in [4.78, 5) is 56.9. The minimum Gasteiger partial charge on any atom is -0.483 e. The number of aliphatic hydroxyl groups excluding tert-OH is 5. The third kappa shape index (κ3) is 9.82. The minimum atomic E-state index is -1.72. The normalized spacial score (nSPS) is 19.9. The van der Waals surface area contributed by atoms with Crippen molar-refractivity contribution in [3.63, 3.8) is 0 Å². The van der Waals surface area contributed by atoms with Crippen LogP contribution in [0.1, 0.15) is 51.5 Å². The number of nitrogens with one attached hydrogen (secondary N) is 1. The number of oxime groups is 1. The Morgan fingerprint density at radius 3 is 2.28 bits per heavy atom. The monoisotopic (exact) mass is 812 g/mol. The van der Waals surface area contributed by atoms with Crippen molar-refractivity contribution in [2.24, 2.45) is 5.16 Å². The molecule has 3 heterocycles. The van der Waals surface area contributed by atoms with Gasteiger partial charge in [0.25, 0.3) is 18.3 Å². The molecule has 2 amide bonds. The summed E-state index contributed by atoms with van der Waals surface area (Å²) in [6.45, 7) is -0.0286. The summed E-state index contributed by atoms with van der Waals surface area (Å²) in [5, 5.41) is 72.4. The number of β-amino-alcohol motifs (C(OH)–C–C–N with tert-alkyl or cyclic N) is 1. The second-order valence-electron chi connectivity index (χ2n) is 13.5. The van der Waals surface area contributed by atoms with Crippen molar-refractivity contribution in [3.05, 3.63) is 105 Å². The second-order valence-corrected chi connectivity index (χ2v) is 13.9. The fraction of sp³-hybridized carbons (Fsp3) is 0.359. The molecular weight excluding hydrogens is 771 g/mol. The molecule has 304 valence electrons. The third-order valence-corrected chi connectivity index (χ3v) is 10.3. The van der Waals surface area contributed by atoms with Gasteiger partial charge in [0.2, 0.25) is 6.10 Å². The molecule has 0 spiro atoms. The molecule has 3 aromatic rings. The van der Waals surface area contributed by atoms with Crippen molar-refractivity contribution in [1.82, 2.24) is 9.80 Å². The number of fused-ring (bicyclic) bond motifs is 1. The van der Waals surface area contributed by atoms with E-state index in [1.54, 1.807) is 18.2 Å². The molecule has 0 saturated heterocycles. The van der Waals surface area contributed by atoms with Gasteiger partial charge in [0.05, 0.1) is 29.0 Å². The number of carbonyl (C=O) groups excluding carboxylic acids is 2. The predicted molar refractivity (Wildman–Crippen MR) is 203 cm³/mol. The second kappa shape index (κ2) is 19.3. The van der Waals surface area contributed by atoms with Gasteiger partial charge in [0, 0.05) is 43.9 Å².